The molecule has 0 spiro atoms. The summed E-state index contributed by atoms with van der Waals surface area (Å²) in [6, 6.07) is -0.761. The number of amides is 1. The molecule has 0 radical (unpaired) electrons. The summed E-state index contributed by atoms with van der Waals surface area (Å²) in [7, 11) is 0. The standard InChI is InChI=1S/C10H19F2NO4/c1-10(2,3)17-9(15)13-7(4-14)5-16-6-8(11)12/h7-8,14H,4-6H2,1-3H3,(H,13,15). The van der Waals surface area contributed by atoms with E-state index in [1.165, 1.54) is 0 Å². The van der Waals surface area contributed by atoms with Crippen molar-refractivity contribution in [3.05, 3.63) is 0 Å². The number of carbonyl (C=O) groups excluding carboxylic acids is 1. The van der Waals surface area contributed by atoms with Crippen molar-refractivity contribution < 1.29 is 28.2 Å². The van der Waals surface area contributed by atoms with Crippen molar-refractivity contribution >= 4 is 6.09 Å². The summed E-state index contributed by atoms with van der Waals surface area (Å²) < 4.78 is 33.1. The SMILES string of the molecule is CC(C)(C)OC(=O)NC(CO)COCC(F)F. The van der Waals surface area contributed by atoms with Gasteiger partial charge < -0.3 is 19.9 Å². The fourth-order valence-electron chi connectivity index (χ4n) is 0.914. The van der Waals surface area contributed by atoms with Gasteiger partial charge in [-0.25, -0.2) is 13.6 Å². The average molecular weight is 255 g/mol. The van der Waals surface area contributed by atoms with E-state index in [4.69, 9.17) is 9.84 Å². The molecule has 7 heteroatoms. The maximum absolute atomic E-state index is 11.8. The van der Waals surface area contributed by atoms with Crippen LogP contribution in [0.25, 0.3) is 0 Å². The lowest BCUT2D eigenvalue weighted by atomic mass is 10.2. The van der Waals surface area contributed by atoms with Crippen LogP contribution in [-0.4, -0.2) is 49.1 Å². The van der Waals surface area contributed by atoms with E-state index in [9.17, 15) is 13.6 Å². The first-order valence-electron chi connectivity index (χ1n) is 5.21. The van der Waals surface area contributed by atoms with Gasteiger partial charge in [-0.1, -0.05) is 0 Å². The minimum atomic E-state index is -2.57. The van der Waals surface area contributed by atoms with Crippen molar-refractivity contribution in [2.45, 2.75) is 38.8 Å². The number of rotatable bonds is 6. The molecule has 102 valence electrons. The highest BCUT2D eigenvalue weighted by molar-refractivity contribution is 5.68. The maximum atomic E-state index is 11.8. The van der Waals surface area contributed by atoms with Crippen LogP contribution in [-0.2, 0) is 9.47 Å². The monoisotopic (exact) mass is 255 g/mol. The predicted molar refractivity (Wildman–Crippen MR) is 57.1 cm³/mol. The van der Waals surface area contributed by atoms with Gasteiger partial charge in [0.25, 0.3) is 6.43 Å². The highest BCUT2D eigenvalue weighted by atomic mass is 19.3. The minimum Gasteiger partial charge on any atom is -0.444 e. The molecule has 5 nitrogen and oxygen atoms in total. The highest BCUT2D eigenvalue weighted by Crippen LogP contribution is 2.06. The Labute approximate surface area is 99.1 Å². The fourth-order valence-corrected chi connectivity index (χ4v) is 0.914. The lowest BCUT2D eigenvalue weighted by Crippen LogP contribution is -2.43. The first kappa shape index (κ1) is 16.1. The number of alkyl carbamates (subject to hydrolysis) is 1. The van der Waals surface area contributed by atoms with E-state index in [0.29, 0.717) is 0 Å². The van der Waals surface area contributed by atoms with Crippen LogP contribution in [0.2, 0.25) is 0 Å². The number of ether oxygens (including phenoxy) is 2. The molecule has 0 saturated heterocycles. The smallest absolute Gasteiger partial charge is 0.408 e. The molecule has 0 aromatic heterocycles. The Morgan fingerprint density at radius 3 is 2.35 bits per heavy atom. The highest BCUT2D eigenvalue weighted by Gasteiger charge is 2.19. The number of halogens is 2. The fraction of sp³-hybridized carbons (Fsp3) is 0.900. The summed E-state index contributed by atoms with van der Waals surface area (Å²) in [5.41, 5.74) is -0.659. The molecule has 0 aliphatic carbocycles. The zero-order chi connectivity index (χ0) is 13.5. The van der Waals surface area contributed by atoms with E-state index in [-0.39, 0.29) is 6.61 Å². The van der Waals surface area contributed by atoms with Gasteiger partial charge >= 0.3 is 6.09 Å². The summed E-state index contributed by atoms with van der Waals surface area (Å²) in [5.74, 6) is 0. The van der Waals surface area contributed by atoms with Crippen LogP contribution in [0.5, 0.6) is 0 Å². The topological polar surface area (TPSA) is 67.8 Å². The molecule has 0 saturated carbocycles. The van der Waals surface area contributed by atoms with Crippen LogP contribution in [0.3, 0.4) is 0 Å². The van der Waals surface area contributed by atoms with Gasteiger partial charge in [0.15, 0.2) is 0 Å². The van der Waals surface area contributed by atoms with E-state index in [1.54, 1.807) is 20.8 Å². The average Bonchev–Trinajstić information content (AvgIpc) is 2.12. The largest absolute Gasteiger partial charge is 0.444 e. The number of hydrogen-bond donors (Lipinski definition) is 2. The second-order valence-electron chi connectivity index (χ2n) is 4.45. The van der Waals surface area contributed by atoms with Gasteiger partial charge in [-0.05, 0) is 20.8 Å². The van der Waals surface area contributed by atoms with Crippen molar-refractivity contribution in [2.75, 3.05) is 19.8 Å². The lowest BCUT2D eigenvalue weighted by Gasteiger charge is -2.22. The van der Waals surface area contributed by atoms with Crippen molar-refractivity contribution in [3.8, 4) is 0 Å². The predicted octanol–water partition coefficient (Wildman–Crippen LogP) is 1.15. The molecule has 1 amide bonds. The number of hydrogen-bond acceptors (Lipinski definition) is 4. The molecule has 1 atom stereocenters. The summed E-state index contributed by atoms with van der Waals surface area (Å²) >= 11 is 0. The number of carbonyl (C=O) groups is 1. The second kappa shape index (κ2) is 7.39. The van der Waals surface area contributed by atoms with Crippen LogP contribution in [0.1, 0.15) is 20.8 Å². The summed E-state index contributed by atoms with van der Waals surface area (Å²) in [5, 5.41) is 11.2. The van der Waals surface area contributed by atoms with Crippen molar-refractivity contribution in [3.63, 3.8) is 0 Å². The second-order valence-corrected chi connectivity index (χ2v) is 4.45. The quantitative estimate of drug-likeness (QED) is 0.747. The molecule has 0 fully saturated rings. The zero-order valence-corrected chi connectivity index (χ0v) is 10.2. The van der Waals surface area contributed by atoms with Gasteiger partial charge in [0, 0.05) is 0 Å². The molecule has 0 bridgehead atoms. The Morgan fingerprint density at radius 2 is 1.94 bits per heavy atom. The molecule has 17 heavy (non-hydrogen) atoms. The third-order valence-electron chi connectivity index (χ3n) is 1.50. The van der Waals surface area contributed by atoms with Crippen LogP contribution >= 0.6 is 0 Å². The van der Waals surface area contributed by atoms with Crippen molar-refractivity contribution in [1.29, 1.82) is 0 Å². The zero-order valence-electron chi connectivity index (χ0n) is 10.2. The van der Waals surface area contributed by atoms with Crippen LogP contribution in [0, 0.1) is 0 Å². The molecular weight excluding hydrogens is 236 g/mol. The minimum absolute atomic E-state index is 0.194. The third-order valence-corrected chi connectivity index (χ3v) is 1.50. The van der Waals surface area contributed by atoms with E-state index >= 15 is 0 Å². The van der Waals surface area contributed by atoms with E-state index in [0.717, 1.165) is 0 Å². The summed E-state index contributed by atoms with van der Waals surface area (Å²) in [4.78, 5) is 11.3. The van der Waals surface area contributed by atoms with Gasteiger partial charge in [0.1, 0.15) is 12.2 Å². The van der Waals surface area contributed by atoms with E-state index < -0.39 is 37.4 Å². The molecule has 0 aliphatic heterocycles. The maximum Gasteiger partial charge on any atom is 0.408 e. The van der Waals surface area contributed by atoms with Crippen molar-refractivity contribution in [2.24, 2.45) is 0 Å². The van der Waals surface area contributed by atoms with Gasteiger partial charge in [0.2, 0.25) is 0 Å². The molecule has 0 heterocycles. The van der Waals surface area contributed by atoms with Crippen LogP contribution in [0.4, 0.5) is 13.6 Å². The summed E-state index contributed by atoms with van der Waals surface area (Å²) in [6.45, 7) is 3.73. The Kier molecular flexibility index (Phi) is 6.98. The molecule has 1 unspecified atom stereocenters. The van der Waals surface area contributed by atoms with Gasteiger partial charge in [0.05, 0.1) is 19.3 Å². The van der Waals surface area contributed by atoms with E-state index in [2.05, 4.69) is 10.1 Å². The van der Waals surface area contributed by atoms with Gasteiger partial charge in [-0.2, -0.15) is 0 Å². The molecule has 0 aromatic rings. The summed E-state index contributed by atoms with van der Waals surface area (Å²) in [6.07, 6.45) is -3.30. The van der Waals surface area contributed by atoms with E-state index in [1.807, 2.05) is 0 Å². The Morgan fingerprint density at radius 1 is 1.35 bits per heavy atom. The molecule has 0 aromatic carbocycles. The molecule has 0 rings (SSSR count). The first-order valence-corrected chi connectivity index (χ1v) is 5.21. The Hall–Kier alpha value is -0.950. The number of aliphatic hydroxyl groups is 1. The Bertz CT molecular complexity index is 231. The lowest BCUT2D eigenvalue weighted by molar-refractivity contribution is 0.0000189. The van der Waals surface area contributed by atoms with Gasteiger partial charge in [-0.15, -0.1) is 0 Å². The normalized spacial score (nSPS) is 13.6. The number of nitrogens with one attached hydrogen (secondary N) is 1. The number of alkyl halides is 2. The van der Waals surface area contributed by atoms with Gasteiger partial charge in [-0.3, -0.25) is 0 Å². The van der Waals surface area contributed by atoms with Crippen LogP contribution in [0.15, 0.2) is 0 Å². The first-order chi connectivity index (χ1) is 7.74. The molecule has 0 aliphatic rings. The molecular formula is C10H19F2NO4. The molecule has 2 N–H and O–H groups in total. The van der Waals surface area contributed by atoms with Crippen molar-refractivity contribution in [1.82, 2.24) is 5.32 Å². The number of aliphatic hydroxyl groups excluding tert-OH is 1. The Balaban J connectivity index is 3.92. The van der Waals surface area contributed by atoms with Crippen LogP contribution < -0.4 is 5.32 Å². The third kappa shape index (κ3) is 9.95.